The number of ether oxygens (including phenoxy) is 1. The van der Waals surface area contributed by atoms with E-state index in [1.165, 1.54) is 4.90 Å². The van der Waals surface area contributed by atoms with Gasteiger partial charge in [0.15, 0.2) is 0 Å². The zero-order valence-electron chi connectivity index (χ0n) is 10.9. The Morgan fingerprint density at radius 3 is 2.50 bits per heavy atom. The Balaban J connectivity index is 1.68. The van der Waals surface area contributed by atoms with Gasteiger partial charge in [-0.05, 0) is 0 Å². The lowest BCUT2D eigenvalue weighted by Crippen LogP contribution is -2.58. The van der Waals surface area contributed by atoms with Gasteiger partial charge in [0.2, 0.25) is 0 Å². The van der Waals surface area contributed by atoms with Crippen LogP contribution in [-0.2, 0) is 9.53 Å². The van der Waals surface area contributed by atoms with Gasteiger partial charge in [0.05, 0.1) is 19.8 Å². The molecule has 1 atom stereocenters. The van der Waals surface area contributed by atoms with Crippen molar-refractivity contribution in [3.05, 3.63) is 0 Å². The van der Waals surface area contributed by atoms with Gasteiger partial charge >= 0.3 is 12.1 Å². The zero-order chi connectivity index (χ0) is 14.3. The average Bonchev–Trinajstić information content (AvgIpc) is 2.72. The first kappa shape index (κ1) is 13.1. The fourth-order valence-electron chi connectivity index (χ4n) is 2.71. The third-order valence-corrected chi connectivity index (χ3v) is 3.85. The Kier molecular flexibility index (Phi) is 3.22. The summed E-state index contributed by atoms with van der Waals surface area (Å²) in [5, 5.41) is 9.47. The predicted molar refractivity (Wildman–Crippen MR) is 63.9 cm³/mol. The molecule has 1 N–H and O–H groups in total. The number of rotatable bonds is 0. The van der Waals surface area contributed by atoms with Crippen LogP contribution in [0.1, 0.15) is 0 Å². The van der Waals surface area contributed by atoms with Gasteiger partial charge in [-0.15, -0.1) is 5.06 Å². The summed E-state index contributed by atoms with van der Waals surface area (Å²) in [5.41, 5.74) is 0. The molecule has 0 radical (unpaired) electrons. The van der Waals surface area contributed by atoms with E-state index in [2.05, 4.69) is 0 Å². The molecule has 20 heavy (non-hydrogen) atoms. The maximum atomic E-state index is 12.3. The number of piperazine rings is 1. The highest BCUT2D eigenvalue weighted by atomic mass is 16.5. The van der Waals surface area contributed by atoms with Crippen LogP contribution in [0.4, 0.5) is 9.59 Å². The molecule has 9 nitrogen and oxygen atoms in total. The lowest BCUT2D eigenvalue weighted by molar-refractivity contribution is -0.149. The van der Waals surface area contributed by atoms with Crippen LogP contribution in [-0.4, -0.2) is 94.9 Å². The van der Waals surface area contributed by atoms with Crippen molar-refractivity contribution in [2.45, 2.75) is 6.04 Å². The van der Waals surface area contributed by atoms with Gasteiger partial charge in [0.1, 0.15) is 6.04 Å². The van der Waals surface area contributed by atoms with Crippen LogP contribution >= 0.6 is 0 Å². The quantitative estimate of drug-likeness (QED) is 0.444. The third-order valence-electron chi connectivity index (χ3n) is 3.85. The average molecular weight is 284 g/mol. The first-order valence-corrected chi connectivity index (χ1v) is 6.54. The maximum absolute atomic E-state index is 12.3. The van der Waals surface area contributed by atoms with Crippen molar-refractivity contribution in [3.63, 3.8) is 0 Å². The smallest absolute Gasteiger partial charge is 0.352 e. The van der Waals surface area contributed by atoms with Gasteiger partial charge in [0.25, 0.3) is 5.91 Å². The van der Waals surface area contributed by atoms with Crippen molar-refractivity contribution >= 4 is 18.0 Å². The molecule has 3 heterocycles. The number of hydrogen-bond acceptors (Lipinski definition) is 5. The largest absolute Gasteiger partial charge is 0.378 e. The van der Waals surface area contributed by atoms with E-state index in [9.17, 15) is 19.6 Å². The number of nitrogens with zero attached hydrogens (tertiary/aromatic N) is 4. The minimum atomic E-state index is -0.772. The van der Waals surface area contributed by atoms with E-state index >= 15 is 0 Å². The van der Waals surface area contributed by atoms with Gasteiger partial charge in [-0.3, -0.25) is 10.0 Å². The van der Waals surface area contributed by atoms with Crippen LogP contribution in [0.25, 0.3) is 0 Å². The van der Waals surface area contributed by atoms with E-state index in [-0.39, 0.29) is 24.2 Å². The number of hydrogen-bond donors (Lipinski definition) is 1. The van der Waals surface area contributed by atoms with Crippen molar-refractivity contribution in [2.24, 2.45) is 0 Å². The molecule has 0 aromatic heterocycles. The van der Waals surface area contributed by atoms with Crippen molar-refractivity contribution < 1.29 is 24.3 Å². The van der Waals surface area contributed by atoms with E-state index < -0.39 is 18.0 Å². The summed E-state index contributed by atoms with van der Waals surface area (Å²) in [6, 6.07) is -1.63. The standard InChI is InChI=1S/C11H16N4O5/c16-9-8-7-13(1-2-14(8)11(18)15(9)19)10(17)12-3-5-20-6-4-12/h8,19H,1-7H2. The van der Waals surface area contributed by atoms with Crippen LogP contribution in [0.2, 0.25) is 0 Å². The number of fused-ring (bicyclic) bond motifs is 1. The summed E-state index contributed by atoms with van der Waals surface area (Å²) in [6.07, 6.45) is 0. The highest BCUT2D eigenvalue weighted by molar-refractivity contribution is 6.03. The number of carbonyl (C=O) groups is 3. The van der Waals surface area contributed by atoms with Crippen LogP contribution in [0.5, 0.6) is 0 Å². The fraction of sp³-hybridized carbons (Fsp3) is 0.727. The molecule has 110 valence electrons. The molecular weight excluding hydrogens is 268 g/mol. The molecule has 0 aromatic carbocycles. The predicted octanol–water partition coefficient (Wildman–Crippen LogP) is -1.22. The number of hydroxylamine groups is 2. The SMILES string of the molecule is O=C(N1CCOCC1)N1CCN2C(=O)N(O)C(=O)C2C1. The lowest BCUT2D eigenvalue weighted by Gasteiger charge is -2.38. The van der Waals surface area contributed by atoms with Gasteiger partial charge in [0, 0.05) is 26.2 Å². The molecule has 5 amide bonds. The summed E-state index contributed by atoms with van der Waals surface area (Å²) in [4.78, 5) is 40.2. The van der Waals surface area contributed by atoms with Crippen LogP contribution in [0.3, 0.4) is 0 Å². The minimum Gasteiger partial charge on any atom is -0.378 e. The Bertz CT molecular complexity index is 450. The molecule has 1 unspecified atom stereocenters. The first-order chi connectivity index (χ1) is 9.59. The number of carbonyl (C=O) groups excluding carboxylic acids is 3. The Morgan fingerprint density at radius 2 is 1.80 bits per heavy atom. The monoisotopic (exact) mass is 284 g/mol. The number of urea groups is 2. The highest BCUT2D eigenvalue weighted by Gasteiger charge is 2.48. The second kappa shape index (κ2) is 4.91. The molecule has 0 aliphatic carbocycles. The summed E-state index contributed by atoms with van der Waals surface area (Å²) >= 11 is 0. The van der Waals surface area contributed by atoms with Gasteiger partial charge in [-0.25, -0.2) is 9.59 Å². The first-order valence-electron chi connectivity index (χ1n) is 6.54. The van der Waals surface area contributed by atoms with Crippen LogP contribution in [0.15, 0.2) is 0 Å². The van der Waals surface area contributed by atoms with E-state index in [4.69, 9.17) is 4.74 Å². The summed E-state index contributed by atoms with van der Waals surface area (Å²) in [7, 11) is 0. The highest BCUT2D eigenvalue weighted by Crippen LogP contribution is 2.21. The van der Waals surface area contributed by atoms with E-state index in [0.717, 1.165) is 0 Å². The molecule has 3 rings (SSSR count). The zero-order valence-corrected chi connectivity index (χ0v) is 10.9. The van der Waals surface area contributed by atoms with Crippen molar-refractivity contribution in [1.29, 1.82) is 0 Å². The topological polar surface area (TPSA) is 93.6 Å². The molecule has 0 aromatic rings. The summed E-state index contributed by atoms with van der Waals surface area (Å²) < 4.78 is 5.19. The fourth-order valence-corrected chi connectivity index (χ4v) is 2.71. The number of amides is 5. The second-order valence-electron chi connectivity index (χ2n) is 4.97. The number of morpholine rings is 1. The van der Waals surface area contributed by atoms with E-state index in [1.807, 2.05) is 0 Å². The van der Waals surface area contributed by atoms with Crippen LogP contribution in [0, 0.1) is 0 Å². The van der Waals surface area contributed by atoms with Crippen molar-refractivity contribution in [2.75, 3.05) is 45.9 Å². The molecule has 3 aliphatic heterocycles. The van der Waals surface area contributed by atoms with Crippen molar-refractivity contribution in [3.8, 4) is 0 Å². The normalized spacial score (nSPS) is 27.1. The molecule has 3 aliphatic rings. The summed E-state index contributed by atoms with van der Waals surface area (Å²) in [5.74, 6) is -0.672. The Hall–Kier alpha value is -1.87. The molecule has 9 heteroatoms. The van der Waals surface area contributed by atoms with Gasteiger partial charge in [-0.1, -0.05) is 0 Å². The Morgan fingerprint density at radius 1 is 1.10 bits per heavy atom. The maximum Gasteiger partial charge on any atom is 0.352 e. The molecule has 0 spiro atoms. The second-order valence-corrected chi connectivity index (χ2v) is 4.97. The summed E-state index contributed by atoms with van der Waals surface area (Å²) in [6.45, 7) is 2.82. The van der Waals surface area contributed by atoms with E-state index in [1.54, 1.807) is 9.80 Å². The van der Waals surface area contributed by atoms with Crippen LogP contribution < -0.4 is 0 Å². The minimum absolute atomic E-state index is 0.123. The van der Waals surface area contributed by atoms with Gasteiger partial charge in [-0.2, -0.15) is 0 Å². The van der Waals surface area contributed by atoms with Gasteiger partial charge < -0.3 is 19.4 Å². The number of imide groups is 1. The molecule has 0 bridgehead atoms. The molecule has 0 saturated carbocycles. The molecule has 3 fully saturated rings. The van der Waals surface area contributed by atoms with Crippen molar-refractivity contribution in [1.82, 2.24) is 19.8 Å². The Labute approximate surface area is 115 Å². The molecular formula is C11H16N4O5. The van der Waals surface area contributed by atoms with E-state index in [0.29, 0.717) is 32.8 Å². The molecule has 3 saturated heterocycles. The lowest BCUT2D eigenvalue weighted by atomic mass is 10.2. The third kappa shape index (κ3) is 1.98.